The van der Waals surface area contributed by atoms with Crippen molar-refractivity contribution in [3.63, 3.8) is 0 Å². The molecule has 0 saturated heterocycles. The Morgan fingerprint density at radius 2 is 2.12 bits per heavy atom. The quantitative estimate of drug-likeness (QED) is 0.579. The maximum Gasteiger partial charge on any atom is 0.164 e. The van der Waals surface area contributed by atoms with E-state index in [1.807, 2.05) is 6.92 Å². The van der Waals surface area contributed by atoms with Crippen molar-refractivity contribution < 1.29 is 4.79 Å². The topological polar surface area (TPSA) is 17.1 Å². The maximum absolute atomic E-state index is 12.2. The minimum absolute atomic E-state index is 0.196. The van der Waals surface area contributed by atoms with Gasteiger partial charge in [0.2, 0.25) is 0 Å². The molecule has 1 unspecified atom stereocenters. The first-order chi connectivity index (χ1) is 8.28. The van der Waals surface area contributed by atoms with Gasteiger partial charge < -0.3 is 0 Å². The number of rotatable bonds is 0. The normalized spacial score (nSPS) is 35.1. The summed E-state index contributed by atoms with van der Waals surface area (Å²) >= 11 is 0. The Balaban J connectivity index is 1.96. The Kier molecular flexibility index (Phi) is 2.67. The molecule has 0 aromatic rings. The molecule has 1 nitrogen and oxygen atoms in total. The van der Waals surface area contributed by atoms with Gasteiger partial charge in [0.05, 0.1) is 0 Å². The molecule has 0 aromatic carbocycles. The largest absolute Gasteiger partial charge is 0.294 e. The summed E-state index contributed by atoms with van der Waals surface area (Å²) in [5, 5.41) is 0. The van der Waals surface area contributed by atoms with Crippen LogP contribution in [0.15, 0.2) is 23.3 Å². The van der Waals surface area contributed by atoms with Gasteiger partial charge in [-0.1, -0.05) is 24.3 Å². The summed E-state index contributed by atoms with van der Waals surface area (Å²) in [4.78, 5) is 12.2. The molecular weight excluding hydrogens is 208 g/mol. The molecule has 1 heteroatoms. The zero-order chi connectivity index (χ0) is 11.8. The average molecular weight is 226 g/mol. The molecule has 3 atom stereocenters. The number of carbonyl (C=O) groups is 1. The molecule has 88 valence electrons. The molecule has 2 bridgehead atoms. The van der Waals surface area contributed by atoms with E-state index in [-0.39, 0.29) is 5.92 Å². The van der Waals surface area contributed by atoms with Crippen molar-refractivity contribution in [3.05, 3.63) is 23.3 Å². The predicted octanol–water partition coefficient (Wildman–Crippen LogP) is 3.27. The summed E-state index contributed by atoms with van der Waals surface area (Å²) in [6.45, 7) is 1.83. The van der Waals surface area contributed by atoms with E-state index in [9.17, 15) is 4.79 Å². The number of hydrogen-bond donors (Lipinski definition) is 0. The second-order valence-corrected chi connectivity index (χ2v) is 5.54. The third-order valence-corrected chi connectivity index (χ3v) is 4.46. The van der Waals surface area contributed by atoms with Gasteiger partial charge in [0.15, 0.2) is 5.78 Å². The van der Waals surface area contributed by atoms with Crippen LogP contribution in [0, 0.1) is 29.6 Å². The Morgan fingerprint density at radius 3 is 2.94 bits per heavy atom. The van der Waals surface area contributed by atoms with Crippen molar-refractivity contribution in [1.82, 2.24) is 0 Å². The van der Waals surface area contributed by atoms with Crippen LogP contribution in [0.5, 0.6) is 0 Å². The number of carbonyl (C=O) groups excluding carboxylic acids is 1. The predicted molar refractivity (Wildman–Crippen MR) is 68.2 cm³/mol. The van der Waals surface area contributed by atoms with Gasteiger partial charge in [-0.3, -0.25) is 4.79 Å². The first-order valence-electron chi connectivity index (χ1n) is 6.67. The third-order valence-electron chi connectivity index (χ3n) is 4.46. The summed E-state index contributed by atoms with van der Waals surface area (Å²) < 4.78 is 0. The Labute approximate surface area is 103 Å². The van der Waals surface area contributed by atoms with E-state index < -0.39 is 0 Å². The van der Waals surface area contributed by atoms with Crippen LogP contribution < -0.4 is 0 Å². The van der Waals surface area contributed by atoms with E-state index in [1.54, 1.807) is 6.08 Å². The van der Waals surface area contributed by atoms with Crippen molar-refractivity contribution in [2.75, 3.05) is 0 Å². The molecule has 17 heavy (non-hydrogen) atoms. The van der Waals surface area contributed by atoms with E-state index in [2.05, 4.69) is 17.9 Å². The highest BCUT2D eigenvalue weighted by molar-refractivity contribution is 5.97. The van der Waals surface area contributed by atoms with Crippen LogP contribution in [0.3, 0.4) is 0 Å². The van der Waals surface area contributed by atoms with E-state index in [0.29, 0.717) is 11.7 Å². The van der Waals surface area contributed by atoms with E-state index >= 15 is 0 Å². The molecular formula is C16H18O. The SMILES string of the molecule is CC#CC1=CC(=O)[C@H]2CC3CCC[C@H](C3)C2=C1. The molecule has 2 saturated carbocycles. The number of allylic oxidation sites excluding steroid dienone is 4. The van der Waals surface area contributed by atoms with Gasteiger partial charge >= 0.3 is 0 Å². The highest BCUT2D eigenvalue weighted by atomic mass is 16.1. The first-order valence-corrected chi connectivity index (χ1v) is 6.67. The number of ketones is 1. The molecule has 3 aliphatic carbocycles. The first kappa shape index (κ1) is 10.8. The van der Waals surface area contributed by atoms with Crippen molar-refractivity contribution in [2.45, 2.75) is 39.0 Å². The molecule has 0 aliphatic heterocycles. The van der Waals surface area contributed by atoms with Crippen molar-refractivity contribution >= 4 is 5.78 Å². The van der Waals surface area contributed by atoms with E-state index in [4.69, 9.17) is 0 Å². The molecule has 0 spiro atoms. The molecule has 0 N–H and O–H groups in total. The van der Waals surface area contributed by atoms with Crippen LogP contribution in [0.25, 0.3) is 0 Å². The number of fused-ring (bicyclic) bond motifs is 4. The summed E-state index contributed by atoms with van der Waals surface area (Å²) in [5.41, 5.74) is 2.32. The monoisotopic (exact) mass is 226 g/mol. The molecule has 0 radical (unpaired) electrons. The Hall–Kier alpha value is -1.29. The zero-order valence-electron chi connectivity index (χ0n) is 10.3. The molecule has 3 rings (SSSR count). The van der Waals surface area contributed by atoms with Crippen LogP contribution in [0.4, 0.5) is 0 Å². The standard InChI is InChI=1S/C16H18O/c1-2-4-11-8-14-13-6-3-5-12(7-13)9-15(14)16(17)10-11/h8,10,12-13,15H,3,5-7,9H2,1H3/t12?,13-,15+/m1/s1. The van der Waals surface area contributed by atoms with Crippen LogP contribution in [0.2, 0.25) is 0 Å². The van der Waals surface area contributed by atoms with Crippen LogP contribution >= 0.6 is 0 Å². The van der Waals surface area contributed by atoms with Crippen LogP contribution in [-0.2, 0) is 4.79 Å². The highest BCUT2D eigenvalue weighted by Gasteiger charge is 2.39. The average Bonchev–Trinajstić information content (AvgIpc) is 2.32. The molecule has 3 aliphatic rings. The number of hydrogen-bond acceptors (Lipinski definition) is 1. The fraction of sp³-hybridized carbons (Fsp3) is 0.562. The van der Waals surface area contributed by atoms with Gasteiger partial charge in [0, 0.05) is 11.5 Å². The van der Waals surface area contributed by atoms with Gasteiger partial charge in [-0.05, 0) is 50.2 Å². The van der Waals surface area contributed by atoms with Gasteiger partial charge in [-0.15, -0.1) is 5.92 Å². The van der Waals surface area contributed by atoms with E-state index in [0.717, 1.165) is 17.9 Å². The zero-order valence-corrected chi connectivity index (χ0v) is 10.3. The van der Waals surface area contributed by atoms with E-state index in [1.165, 1.54) is 31.3 Å². The highest BCUT2D eigenvalue weighted by Crippen LogP contribution is 2.47. The molecule has 0 aromatic heterocycles. The molecule has 0 heterocycles. The molecule has 0 amide bonds. The van der Waals surface area contributed by atoms with Crippen molar-refractivity contribution in [1.29, 1.82) is 0 Å². The minimum atomic E-state index is 0.196. The summed E-state index contributed by atoms with van der Waals surface area (Å²) in [7, 11) is 0. The fourth-order valence-electron chi connectivity index (χ4n) is 3.75. The fourth-order valence-corrected chi connectivity index (χ4v) is 3.75. The summed E-state index contributed by atoms with van der Waals surface area (Å²) in [6, 6.07) is 0. The third kappa shape index (κ3) is 1.86. The van der Waals surface area contributed by atoms with Gasteiger partial charge in [0.25, 0.3) is 0 Å². The van der Waals surface area contributed by atoms with Gasteiger partial charge in [-0.25, -0.2) is 0 Å². The van der Waals surface area contributed by atoms with Crippen molar-refractivity contribution in [2.24, 2.45) is 17.8 Å². The van der Waals surface area contributed by atoms with Gasteiger partial charge in [-0.2, -0.15) is 0 Å². The lowest BCUT2D eigenvalue weighted by atomic mass is 9.62. The minimum Gasteiger partial charge on any atom is -0.294 e. The van der Waals surface area contributed by atoms with Crippen LogP contribution in [-0.4, -0.2) is 5.78 Å². The smallest absolute Gasteiger partial charge is 0.164 e. The maximum atomic E-state index is 12.2. The summed E-state index contributed by atoms with van der Waals surface area (Å²) in [6.07, 6.45) is 10.3. The lowest BCUT2D eigenvalue weighted by molar-refractivity contribution is -0.118. The second kappa shape index (κ2) is 4.18. The summed E-state index contributed by atoms with van der Waals surface area (Å²) in [5.74, 6) is 7.89. The van der Waals surface area contributed by atoms with Crippen LogP contribution in [0.1, 0.15) is 39.0 Å². The second-order valence-electron chi connectivity index (χ2n) is 5.54. The lowest BCUT2D eigenvalue weighted by Gasteiger charge is -2.41. The van der Waals surface area contributed by atoms with Crippen molar-refractivity contribution in [3.8, 4) is 11.8 Å². The Bertz CT molecular complexity index is 469. The lowest BCUT2D eigenvalue weighted by Crippen LogP contribution is -2.34. The Morgan fingerprint density at radius 1 is 1.24 bits per heavy atom. The van der Waals surface area contributed by atoms with Gasteiger partial charge in [0.1, 0.15) is 0 Å². The molecule has 2 fully saturated rings.